The molecule has 0 fully saturated rings. The molecule has 0 radical (unpaired) electrons. The van der Waals surface area contributed by atoms with E-state index in [-0.39, 0.29) is 18.0 Å². The Bertz CT molecular complexity index is 685. The van der Waals surface area contributed by atoms with Crippen LogP contribution < -0.4 is 11.5 Å². The summed E-state index contributed by atoms with van der Waals surface area (Å²) in [5.41, 5.74) is 12.3. The number of nitro groups is 1. The lowest BCUT2D eigenvalue weighted by molar-refractivity contribution is -0.385. The molecule has 0 aliphatic carbocycles. The zero-order valence-electron chi connectivity index (χ0n) is 11.2. The molecule has 0 saturated carbocycles. The Balaban J connectivity index is 2.48. The van der Waals surface area contributed by atoms with Crippen molar-refractivity contribution in [2.45, 2.75) is 5.92 Å². The number of nitrogens with zero attached hydrogens (tertiary/aromatic N) is 1. The molecule has 21 heavy (non-hydrogen) atoms. The van der Waals surface area contributed by atoms with Gasteiger partial charge in [-0.15, -0.1) is 0 Å². The second-order valence-electron chi connectivity index (χ2n) is 4.56. The second kappa shape index (κ2) is 6.15. The molecule has 0 aliphatic rings. The van der Waals surface area contributed by atoms with Crippen molar-refractivity contribution in [3.8, 4) is 0 Å². The van der Waals surface area contributed by atoms with Crippen molar-refractivity contribution in [1.29, 1.82) is 0 Å². The van der Waals surface area contributed by atoms with Crippen LogP contribution in [0.3, 0.4) is 0 Å². The highest BCUT2D eigenvalue weighted by atomic mass is 16.6. The van der Waals surface area contributed by atoms with Gasteiger partial charge in [0.2, 0.25) is 0 Å². The molecule has 108 valence electrons. The second-order valence-corrected chi connectivity index (χ2v) is 4.56. The average molecular weight is 285 g/mol. The van der Waals surface area contributed by atoms with Gasteiger partial charge in [-0.3, -0.25) is 14.9 Å². The predicted octanol–water partition coefficient (Wildman–Crippen LogP) is 2.10. The molecule has 0 amide bonds. The molecule has 0 unspecified atom stereocenters. The number of carbonyl (C=O) groups is 1. The number of ketones is 1. The Morgan fingerprint density at radius 3 is 2.38 bits per heavy atom. The zero-order chi connectivity index (χ0) is 15.4. The van der Waals surface area contributed by atoms with Crippen molar-refractivity contribution < 1.29 is 9.72 Å². The molecule has 0 aromatic heterocycles. The molecule has 6 heteroatoms. The van der Waals surface area contributed by atoms with Crippen LogP contribution in [0.15, 0.2) is 48.5 Å². The first-order valence-electron chi connectivity index (χ1n) is 6.38. The fourth-order valence-electron chi connectivity index (χ4n) is 2.23. The van der Waals surface area contributed by atoms with E-state index in [1.807, 2.05) is 0 Å². The summed E-state index contributed by atoms with van der Waals surface area (Å²) in [4.78, 5) is 23.2. The third-order valence-electron chi connectivity index (χ3n) is 3.29. The first kappa shape index (κ1) is 14.7. The molecule has 0 aliphatic heterocycles. The maximum absolute atomic E-state index is 12.6. The topological polar surface area (TPSA) is 112 Å². The van der Waals surface area contributed by atoms with Gasteiger partial charge in [0.05, 0.1) is 10.8 Å². The van der Waals surface area contributed by atoms with Crippen molar-refractivity contribution in [1.82, 2.24) is 0 Å². The number of carbonyl (C=O) groups excluding carboxylic acids is 1. The summed E-state index contributed by atoms with van der Waals surface area (Å²) in [5.74, 6) is -1.11. The number of Topliss-reactive ketones (excluding diaryl/α,β-unsaturated/α-hetero) is 1. The van der Waals surface area contributed by atoms with Gasteiger partial charge in [-0.2, -0.15) is 0 Å². The largest absolute Gasteiger partial charge is 0.398 e. The van der Waals surface area contributed by atoms with E-state index in [2.05, 4.69) is 0 Å². The van der Waals surface area contributed by atoms with Crippen molar-refractivity contribution in [3.05, 3.63) is 69.8 Å². The summed E-state index contributed by atoms with van der Waals surface area (Å²) >= 11 is 0. The van der Waals surface area contributed by atoms with E-state index in [1.165, 1.54) is 6.07 Å². The first-order chi connectivity index (χ1) is 10.1. The number of hydrogen-bond acceptors (Lipinski definition) is 5. The molecule has 0 spiro atoms. The number of rotatable bonds is 5. The highest BCUT2D eigenvalue weighted by Gasteiger charge is 2.28. The fraction of sp³-hybridized carbons (Fsp3) is 0.133. The molecule has 6 nitrogen and oxygen atoms in total. The van der Waals surface area contributed by atoms with Crippen LogP contribution in [0.4, 0.5) is 11.4 Å². The minimum absolute atomic E-state index is 0.0297. The lowest BCUT2D eigenvalue weighted by Crippen LogP contribution is -2.23. The van der Waals surface area contributed by atoms with Crippen LogP contribution in [-0.4, -0.2) is 17.3 Å². The molecule has 2 rings (SSSR count). The SMILES string of the molecule is NC[C@H](C(=O)c1ccccc1N)c1ccccc1[N+](=O)[O-]. The van der Waals surface area contributed by atoms with E-state index in [9.17, 15) is 14.9 Å². The van der Waals surface area contributed by atoms with Crippen LogP contribution in [0.5, 0.6) is 0 Å². The number of benzene rings is 2. The summed E-state index contributed by atoms with van der Waals surface area (Å²) in [6.07, 6.45) is 0. The van der Waals surface area contributed by atoms with E-state index in [1.54, 1.807) is 42.5 Å². The molecule has 0 heterocycles. The van der Waals surface area contributed by atoms with Gasteiger partial charge in [0, 0.05) is 29.4 Å². The number of nitro benzene ring substituents is 1. The fourth-order valence-corrected chi connectivity index (χ4v) is 2.23. The number of anilines is 1. The average Bonchev–Trinajstić information content (AvgIpc) is 2.48. The monoisotopic (exact) mass is 285 g/mol. The van der Waals surface area contributed by atoms with E-state index in [0.717, 1.165) is 0 Å². The minimum Gasteiger partial charge on any atom is -0.398 e. The molecule has 4 N–H and O–H groups in total. The Morgan fingerprint density at radius 1 is 1.14 bits per heavy atom. The number of hydrogen-bond donors (Lipinski definition) is 2. The number of nitrogens with two attached hydrogens (primary N) is 2. The van der Waals surface area contributed by atoms with Crippen molar-refractivity contribution in [2.24, 2.45) is 5.73 Å². The predicted molar refractivity (Wildman–Crippen MR) is 80.1 cm³/mol. The third-order valence-corrected chi connectivity index (χ3v) is 3.29. The molecule has 2 aromatic rings. The van der Waals surface area contributed by atoms with Crippen LogP contribution in [0.25, 0.3) is 0 Å². The minimum atomic E-state index is -0.795. The van der Waals surface area contributed by atoms with E-state index in [0.29, 0.717) is 16.8 Å². The molecule has 2 aromatic carbocycles. The quantitative estimate of drug-likeness (QED) is 0.378. The Labute approximate surface area is 121 Å². The highest BCUT2D eigenvalue weighted by molar-refractivity contribution is 6.05. The van der Waals surface area contributed by atoms with Gasteiger partial charge in [-0.1, -0.05) is 30.3 Å². The summed E-state index contributed by atoms with van der Waals surface area (Å²) in [6.45, 7) is -0.0297. The van der Waals surface area contributed by atoms with Gasteiger partial charge in [0.25, 0.3) is 5.69 Å². The van der Waals surface area contributed by atoms with Crippen LogP contribution in [0, 0.1) is 10.1 Å². The standard InChI is InChI=1S/C15H15N3O3/c16-9-12(10-5-2-4-8-14(10)18(20)21)15(19)11-6-1-3-7-13(11)17/h1-8,12H,9,16-17H2/t12-/m0/s1. The smallest absolute Gasteiger partial charge is 0.273 e. The summed E-state index contributed by atoms with van der Waals surface area (Å²) in [6, 6.07) is 12.7. The molecule has 1 atom stereocenters. The highest BCUT2D eigenvalue weighted by Crippen LogP contribution is 2.29. The first-order valence-corrected chi connectivity index (χ1v) is 6.38. The lowest BCUT2D eigenvalue weighted by Gasteiger charge is -2.15. The Hall–Kier alpha value is -2.73. The Morgan fingerprint density at radius 2 is 1.76 bits per heavy atom. The van der Waals surface area contributed by atoms with Crippen molar-refractivity contribution >= 4 is 17.2 Å². The van der Waals surface area contributed by atoms with Gasteiger partial charge in [0.15, 0.2) is 5.78 Å². The maximum Gasteiger partial charge on any atom is 0.273 e. The van der Waals surface area contributed by atoms with Gasteiger partial charge < -0.3 is 11.5 Å². The van der Waals surface area contributed by atoms with Crippen LogP contribution in [-0.2, 0) is 0 Å². The van der Waals surface area contributed by atoms with Crippen LogP contribution in [0.1, 0.15) is 21.8 Å². The summed E-state index contributed by atoms with van der Waals surface area (Å²) in [5, 5.41) is 11.1. The Kier molecular flexibility index (Phi) is 4.30. The van der Waals surface area contributed by atoms with Gasteiger partial charge >= 0.3 is 0 Å². The van der Waals surface area contributed by atoms with Crippen LogP contribution >= 0.6 is 0 Å². The van der Waals surface area contributed by atoms with E-state index >= 15 is 0 Å². The van der Waals surface area contributed by atoms with Crippen molar-refractivity contribution in [3.63, 3.8) is 0 Å². The molecular formula is C15H15N3O3. The number of nitrogen functional groups attached to an aromatic ring is 1. The lowest BCUT2D eigenvalue weighted by atomic mass is 9.89. The zero-order valence-corrected chi connectivity index (χ0v) is 11.2. The number of para-hydroxylation sites is 2. The summed E-state index contributed by atoms with van der Waals surface area (Å²) in [7, 11) is 0. The third kappa shape index (κ3) is 2.90. The van der Waals surface area contributed by atoms with Crippen molar-refractivity contribution in [2.75, 3.05) is 12.3 Å². The molecule has 0 saturated heterocycles. The van der Waals surface area contributed by atoms with E-state index < -0.39 is 10.8 Å². The normalized spacial score (nSPS) is 11.9. The maximum atomic E-state index is 12.6. The van der Waals surface area contributed by atoms with Gasteiger partial charge in [-0.05, 0) is 12.1 Å². The summed E-state index contributed by atoms with van der Waals surface area (Å²) < 4.78 is 0. The molecule has 0 bridgehead atoms. The van der Waals surface area contributed by atoms with Gasteiger partial charge in [0.1, 0.15) is 0 Å². The van der Waals surface area contributed by atoms with Gasteiger partial charge in [-0.25, -0.2) is 0 Å². The molecular weight excluding hydrogens is 270 g/mol. The van der Waals surface area contributed by atoms with E-state index in [4.69, 9.17) is 11.5 Å². The van der Waals surface area contributed by atoms with Crippen LogP contribution in [0.2, 0.25) is 0 Å².